The highest BCUT2D eigenvalue weighted by atomic mass is 79.9. The maximum atomic E-state index is 3.57. The number of nitrogens with one attached hydrogen (secondary N) is 1. The largest absolute Gasteiger partial charge is 0.311 e. The van der Waals surface area contributed by atoms with Crippen molar-refractivity contribution in [2.45, 2.75) is 24.8 Å². The summed E-state index contributed by atoms with van der Waals surface area (Å²) in [5, 5.41) is 3.57. The van der Waals surface area contributed by atoms with E-state index in [4.69, 9.17) is 0 Å². The quantitative estimate of drug-likeness (QED) is 0.825. The van der Waals surface area contributed by atoms with Gasteiger partial charge < -0.3 is 5.32 Å². The molecule has 1 spiro atoms. The maximum Gasteiger partial charge on any atom is 0.0349 e. The Kier molecular flexibility index (Phi) is 2.44. The Balaban J connectivity index is 1.79. The topological polar surface area (TPSA) is 12.0 Å². The number of hydrogen-bond acceptors (Lipinski definition) is 2. The zero-order valence-electron chi connectivity index (χ0n) is 10.0. The standard InChI is InChI=1S/C15H14BrNS/c16-11-3-1-10(2-4-11)13-7-12-14(18-13)8-17-9-15(12)5-6-15/h1-4,7,17H,5-6,8-9H2. The van der Waals surface area contributed by atoms with Crippen LogP contribution in [0.25, 0.3) is 10.4 Å². The third-order valence-electron chi connectivity index (χ3n) is 4.11. The van der Waals surface area contributed by atoms with Crippen molar-refractivity contribution in [2.24, 2.45) is 0 Å². The van der Waals surface area contributed by atoms with E-state index in [0.717, 1.165) is 11.0 Å². The Hall–Kier alpha value is -0.640. The molecule has 3 heteroatoms. The van der Waals surface area contributed by atoms with E-state index in [1.165, 1.54) is 29.8 Å². The van der Waals surface area contributed by atoms with Gasteiger partial charge in [-0.25, -0.2) is 0 Å². The van der Waals surface area contributed by atoms with Crippen LogP contribution in [-0.4, -0.2) is 6.54 Å². The Labute approximate surface area is 119 Å². The second-order valence-electron chi connectivity index (χ2n) is 5.34. The van der Waals surface area contributed by atoms with Gasteiger partial charge >= 0.3 is 0 Å². The summed E-state index contributed by atoms with van der Waals surface area (Å²) < 4.78 is 1.15. The van der Waals surface area contributed by atoms with E-state index in [2.05, 4.69) is 51.6 Å². The molecule has 1 aliphatic heterocycles. The highest BCUT2D eigenvalue weighted by Gasteiger charge is 2.47. The van der Waals surface area contributed by atoms with Crippen LogP contribution in [0.4, 0.5) is 0 Å². The molecule has 0 bridgehead atoms. The molecular weight excluding hydrogens is 306 g/mol. The summed E-state index contributed by atoms with van der Waals surface area (Å²) in [7, 11) is 0. The fourth-order valence-electron chi connectivity index (χ4n) is 2.87. The number of hydrogen-bond donors (Lipinski definition) is 1. The fourth-order valence-corrected chi connectivity index (χ4v) is 4.39. The predicted molar refractivity (Wildman–Crippen MR) is 80.1 cm³/mol. The van der Waals surface area contributed by atoms with E-state index in [0.29, 0.717) is 5.41 Å². The van der Waals surface area contributed by atoms with E-state index >= 15 is 0 Å². The molecule has 92 valence electrons. The highest BCUT2D eigenvalue weighted by molar-refractivity contribution is 9.10. The minimum absolute atomic E-state index is 0.498. The number of benzene rings is 1. The first-order valence-electron chi connectivity index (χ1n) is 6.37. The lowest BCUT2D eigenvalue weighted by Gasteiger charge is -2.22. The average molecular weight is 320 g/mol. The molecule has 0 saturated heterocycles. The van der Waals surface area contributed by atoms with Crippen molar-refractivity contribution < 1.29 is 0 Å². The maximum absolute atomic E-state index is 3.57. The smallest absolute Gasteiger partial charge is 0.0349 e. The number of halogens is 1. The zero-order valence-corrected chi connectivity index (χ0v) is 12.4. The predicted octanol–water partition coefficient (Wildman–Crippen LogP) is 4.31. The van der Waals surface area contributed by atoms with Gasteiger partial charge in [0.05, 0.1) is 0 Å². The first-order valence-corrected chi connectivity index (χ1v) is 7.98. The van der Waals surface area contributed by atoms with E-state index < -0.39 is 0 Å². The average Bonchev–Trinajstić information content (AvgIpc) is 3.00. The molecule has 0 unspecified atom stereocenters. The van der Waals surface area contributed by atoms with Crippen LogP contribution in [-0.2, 0) is 12.0 Å². The molecule has 1 nitrogen and oxygen atoms in total. The fraction of sp³-hybridized carbons (Fsp3) is 0.333. The Morgan fingerprint density at radius 2 is 1.94 bits per heavy atom. The van der Waals surface area contributed by atoms with Gasteiger partial charge in [0.2, 0.25) is 0 Å². The van der Waals surface area contributed by atoms with Gasteiger partial charge in [-0.1, -0.05) is 28.1 Å². The van der Waals surface area contributed by atoms with Crippen molar-refractivity contribution >= 4 is 27.3 Å². The number of thiophene rings is 1. The Bertz CT molecular complexity index is 595. The van der Waals surface area contributed by atoms with Crippen molar-refractivity contribution in [1.29, 1.82) is 0 Å². The van der Waals surface area contributed by atoms with E-state index in [9.17, 15) is 0 Å². The van der Waals surface area contributed by atoms with Crippen LogP contribution >= 0.6 is 27.3 Å². The lowest BCUT2D eigenvalue weighted by molar-refractivity contribution is 0.539. The van der Waals surface area contributed by atoms with Gasteiger partial charge in [-0.2, -0.15) is 0 Å². The molecule has 0 atom stereocenters. The molecule has 2 heterocycles. The van der Waals surface area contributed by atoms with Gasteiger partial charge in [0, 0.05) is 32.7 Å². The van der Waals surface area contributed by atoms with Crippen LogP contribution in [0.5, 0.6) is 0 Å². The van der Waals surface area contributed by atoms with Crippen molar-refractivity contribution in [3.8, 4) is 10.4 Å². The molecule has 1 aromatic carbocycles. The third-order valence-corrected chi connectivity index (χ3v) is 5.82. The minimum atomic E-state index is 0.498. The summed E-state index contributed by atoms with van der Waals surface area (Å²) in [4.78, 5) is 2.97. The monoisotopic (exact) mass is 319 g/mol. The van der Waals surface area contributed by atoms with Crippen LogP contribution < -0.4 is 5.32 Å². The van der Waals surface area contributed by atoms with Crippen LogP contribution in [0.1, 0.15) is 23.3 Å². The molecule has 1 saturated carbocycles. The van der Waals surface area contributed by atoms with Gasteiger partial charge in [0.25, 0.3) is 0 Å². The second-order valence-corrected chi connectivity index (χ2v) is 7.39. The van der Waals surface area contributed by atoms with E-state index in [1.807, 2.05) is 11.3 Å². The SMILES string of the molecule is Brc1ccc(-c2cc3c(s2)CNCC32CC2)cc1. The highest BCUT2D eigenvalue weighted by Crippen LogP contribution is 2.53. The molecule has 2 aliphatic rings. The molecule has 1 N–H and O–H groups in total. The van der Waals surface area contributed by atoms with Gasteiger partial charge in [-0.15, -0.1) is 11.3 Å². The summed E-state index contributed by atoms with van der Waals surface area (Å²) >= 11 is 5.46. The first kappa shape index (κ1) is 11.2. The second kappa shape index (κ2) is 3.92. The summed E-state index contributed by atoms with van der Waals surface area (Å²) in [6.07, 6.45) is 2.73. The number of rotatable bonds is 1. The van der Waals surface area contributed by atoms with E-state index in [1.54, 1.807) is 10.4 Å². The third kappa shape index (κ3) is 1.68. The van der Waals surface area contributed by atoms with Gasteiger partial charge in [-0.05, 0) is 42.2 Å². The molecular formula is C15H14BrNS. The van der Waals surface area contributed by atoms with Crippen molar-refractivity contribution in [2.75, 3.05) is 6.54 Å². The molecule has 0 radical (unpaired) electrons. The summed E-state index contributed by atoms with van der Waals surface area (Å²) in [6, 6.07) is 11.1. The normalized spacial score (nSPS) is 19.8. The van der Waals surface area contributed by atoms with E-state index in [-0.39, 0.29) is 0 Å². The first-order chi connectivity index (χ1) is 8.77. The minimum Gasteiger partial charge on any atom is -0.311 e. The molecule has 1 aliphatic carbocycles. The lowest BCUT2D eigenvalue weighted by atomic mass is 9.93. The van der Waals surface area contributed by atoms with Crippen LogP contribution in [0.15, 0.2) is 34.8 Å². The van der Waals surface area contributed by atoms with Crippen LogP contribution in [0, 0.1) is 0 Å². The van der Waals surface area contributed by atoms with Crippen LogP contribution in [0.2, 0.25) is 0 Å². The molecule has 1 aromatic heterocycles. The zero-order chi connectivity index (χ0) is 12.2. The lowest BCUT2D eigenvalue weighted by Crippen LogP contribution is -2.31. The molecule has 0 amide bonds. The summed E-state index contributed by atoms with van der Waals surface area (Å²) in [5.74, 6) is 0. The van der Waals surface area contributed by atoms with Gasteiger partial charge in [0.1, 0.15) is 0 Å². The molecule has 4 rings (SSSR count). The molecule has 1 fully saturated rings. The van der Waals surface area contributed by atoms with Crippen molar-refractivity contribution in [1.82, 2.24) is 5.32 Å². The summed E-state index contributed by atoms with van der Waals surface area (Å²) in [5.41, 5.74) is 3.47. The Morgan fingerprint density at radius 3 is 2.67 bits per heavy atom. The summed E-state index contributed by atoms with van der Waals surface area (Å²) in [6.45, 7) is 2.23. The Morgan fingerprint density at radius 1 is 1.17 bits per heavy atom. The van der Waals surface area contributed by atoms with Crippen LogP contribution in [0.3, 0.4) is 0 Å². The van der Waals surface area contributed by atoms with Gasteiger partial charge in [-0.3, -0.25) is 0 Å². The van der Waals surface area contributed by atoms with Crippen molar-refractivity contribution in [3.63, 3.8) is 0 Å². The molecule has 18 heavy (non-hydrogen) atoms. The van der Waals surface area contributed by atoms with Gasteiger partial charge in [0.15, 0.2) is 0 Å². The molecule has 2 aromatic rings. The van der Waals surface area contributed by atoms with Crippen molar-refractivity contribution in [3.05, 3.63) is 45.2 Å². The number of fused-ring (bicyclic) bond motifs is 2.